The van der Waals surface area contributed by atoms with Crippen LogP contribution in [0, 0.1) is 0 Å². The van der Waals surface area contributed by atoms with Gasteiger partial charge in [-0.2, -0.15) is 23.1 Å². The zero-order valence-electron chi connectivity index (χ0n) is 11.5. The fourth-order valence-electron chi connectivity index (χ4n) is 2.53. The summed E-state index contributed by atoms with van der Waals surface area (Å²) in [5, 5.41) is 5.07. The Kier molecular flexibility index (Phi) is 4.88. The van der Waals surface area contributed by atoms with E-state index >= 15 is 0 Å². The molecule has 2 nitrogen and oxygen atoms in total. The van der Waals surface area contributed by atoms with Gasteiger partial charge in [-0.15, -0.1) is 0 Å². The molecule has 0 N–H and O–H groups in total. The highest BCUT2D eigenvalue weighted by molar-refractivity contribution is 7.99. The highest BCUT2D eigenvalue weighted by Gasteiger charge is 2.24. The molecule has 0 bridgehead atoms. The first kappa shape index (κ1) is 14.9. The molecule has 3 rings (SSSR count). The van der Waals surface area contributed by atoms with Crippen molar-refractivity contribution in [3.8, 4) is 0 Å². The van der Waals surface area contributed by atoms with Gasteiger partial charge in [0.05, 0.1) is 5.56 Å². The monoisotopic (exact) mass is 337 g/mol. The number of nitrogens with zero attached hydrogens (tertiary/aromatic N) is 1. The van der Waals surface area contributed by atoms with Gasteiger partial charge in [0.2, 0.25) is 0 Å². The van der Waals surface area contributed by atoms with Gasteiger partial charge >= 0.3 is 0 Å². The first-order chi connectivity index (χ1) is 10.3. The fraction of sp³-hybridized carbons (Fsp3) is 0.312. The summed E-state index contributed by atoms with van der Waals surface area (Å²) in [6.45, 7) is 1.60. The quantitative estimate of drug-likeness (QED) is 0.790. The third kappa shape index (κ3) is 3.44. The summed E-state index contributed by atoms with van der Waals surface area (Å²) in [6.07, 6.45) is 0.949. The van der Waals surface area contributed by atoms with Gasteiger partial charge in [-0.1, -0.05) is 29.8 Å². The minimum Gasteiger partial charge on any atom is -0.338 e. The van der Waals surface area contributed by atoms with E-state index < -0.39 is 0 Å². The van der Waals surface area contributed by atoms with E-state index in [0.717, 1.165) is 35.8 Å². The standard InChI is InChI=1S/C16H16ClNOS2/c17-14-4-2-1-3-13(14)15-5-7-18(8-10-21-15)16(19)12-6-9-20-11-12/h1-4,6,9,11,15H,5,7-8,10H2/t15-/m0/s1. The molecule has 5 heteroatoms. The van der Waals surface area contributed by atoms with E-state index in [1.807, 2.05) is 51.7 Å². The van der Waals surface area contributed by atoms with Crippen LogP contribution in [0.5, 0.6) is 0 Å². The second kappa shape index (κ2) is 6.86. The van der Waals surface area contributed by atoms with Crippen molar-refractivity contribution in [2.45, 2.75) is 11.7 Å². The van der Waals surface area contributed by atoms with Gasteiger partial charge in [-0.05, 0) is 29.5 Å². The highest BCUT2D eigenvalue weighted by atomic mass is 35.5. The van der Waals surface area contributed by atoms with Crippen molar-refractivity contribution in [2.24, 2.45) is 0 Å². The highest BCUT2D eigenvalue weighted by Crippen LogP contribution is 2.37. The normalized spacial score (nSPS) is 19.3. The van der Waals surface area contributed by atoms with Gasteiger partial charge in [0, 0.05) is 34.5 Å². The van der Waals surface area contributed by atoms with Gasteiger partial charge in [0.15, 0.2) is 0 Å². The average Bonchev–Trinajstić information content (AvgIpc) is 2.92. The maximum Gasteiger partial charge on any atom is 0.254 e. The molecule has 1 fully saturated rings. The van der Waals surface area contributed by atoms with Gasteiger partial charge in [-0.3, -0.25) is 4.79 Å². The van der Waals surface area contributed by atoms with Crippen molar-refractivity contribution in [3.05, 3.63) is 57.2 Å². The van der Waals surface area contributed by atoms with Crippen LogP contribution >= 0.6 is 34.7 Å². The van der Waals surface area contributed by atoms with E-state index in [1.165, 1.54) is 5.56 Å². The summed E-state index contributed by atoms with van der Waals surface area (Å²) in [4.78, 5) is 14.4. The van der Waals surface area contributed by atoms with Gasteiger partial charge in [0.25, 0.3) is 5.91 Å². The van der Waals surface area contributed by atoms with Crippen LogP contribution in [0.1, 0.15) is 27.6 Å². The molecular formula is C16H16ClNOS2. The lowest BCUT2D eigenvalue weighted by atomic mass is 10.1. The summed E-state index contributed by atoms with van der Waals surface area (Å²) in [6, 6.07) is 9.92. The predicted octanol–water partition coefficient (Wildman–Crippen LogP) is 4.72. The number of thiophene rings is 1. The van der Waals surface area contributed by atoms with E-state index in [1.54, 1.807) is 11.3 Å². The van der Waals surface area contributed by atoms with Gasteiger partial charge in [0.1, 0.15) is 0 Å². The van der Waals surface area contributed by atoms with Crippen molar-refractivity contribution in [1.82, 2.24) is 4.90 Å². The van der Waals surface area contributed by atoms with Crippen LogP contribution in [-0.2, 0) is 0 Å². The van der Waals surface area contributed by atoms with Crippen LogP contribution in [-0.4, -0.2) is 29.6 Å². The number of hydrogen-bond donors (Lipinski definition) is 0. The zero-order valence-corrected chi connectivity index (χ0v) is 13.9. The number of amides is 1. The molecule has 0 spiro atoms. The van der Waals surface area contributed by atoms with Crippen molar-refractivity contribution in [1.29, 1.82) is 0 Å². The third-order valence-corrected chi connectivity index (χ3v) is 5.99. The minimum absolute atomic E-state index is 0.150. The minimum atomic E-state index is 0.150. The van der Waals surface area contributed by atoms with Crippen molar-refractivity contribution in [3.63, 3.8) is 0 Å². The lowest BCUT2D eigenvalue weighted by Gasteiger charge is -2.20. The van der Waals surface area contributed by atoms with E-state index in [0.29, 0.717) is 5.25 Å². The van der Waals surface area contributed by atoms with Crippen LogP contribution in [0.4, 0.5) is 0 Å². The number of carbonyl (C=O) groups is 1. The number of rotatable bonds is 2. The maximum atomic E-state index is 12.4. The summed E-state index contributed by atoms with van der Waals surface area (Å²) in [7, 11) is 0. The lowest BCUT2D eigenvalue weighted by molar-refractivity contribution is 0.0767. The second-order valence-electron chi connectivity index (χ2n) is 4.97. The Morgan fingerprint density at radius 3 is 2.86 bits per heavy atom. The van der Waals surface area contributed by atoms with Crippen LogP contribution in [0.15, 0.2) is 41.1 Å². The Morgan fingerprint density at radius 1 is 1.24 bits per heavy atom. The molecule has 21 heavy (non-hydrogen) atoms. The van der Waals surface area contributed by atoms with Crippen LogP contribution in [0.2, 0.25) is 5.02 Å². The first-order valence-electron chi connectivity index (χ1n) is 6.93. The Morgan fingerprint density at radius 2 is 2.10 bits per heavy atom. The summed E-state index contributed by atoms with van der Waals surface area (Å²) >= 11 is 9.76. The van der Waals surface area contributed by atoms with E-state index in [2.05, 4.69) is 6.07 Å². The Hall–Kier alpha value is -0.970. The van der Waals surface area contributed by atoms with Crippen molar-refractivity contribution in [2.75, 3.05) is 18.8 Å². The van der Waals surface area contributed by atoms with Crippen molar-refractivity contribution < 1.29 is 4.79 Å². The molecule has 110 valence electrons. The maximum absolute atomic E-state index is 12.4. The van der Waals surface area contributed by atoms with Crippen LogP contribution in [0.3, 0.4) is 0 Å². The molecule has 0 radical (unpaired) electrons. The smallest absolute Gasteiger partial charge is 0.254 e. The first-order valence-corrected chi connectivity index (χ1v) is 9.30. The number of thioether (sulfide) groups is 1. The van der Waals surface area contributed by atoms with E-state index in [9.17, 15) is 4.79 Å². The van der Waals surface area contributed by atoms with E-state index in [4.69, 9.17) is 11.6 Å². The molecular weight excluding hydrogens is 322 g/mol. The number of hydrogen-bond acceptors (Lipinski definition) is 3. The molecule has 1 aliphatic heterocycles. The summed E-state index contributed by atoms with van der Waals surface area (Å²) in [5.41, 5.74) is 2.00. The molecule has 1 aromatic heterocycles. The van der Waals surface area contributed by atoms with E-state index in [-0.39, 0.29) is 5.91 Å². The van der Waals surface area contributed by atoms with Gasteiger partial charge in [-0.25, -0.2) is 0 Å². The Labute approximate surface area is 138 Å². The largest absolute Gasteiger partial charge is 0.338 e. The number of carbonyl (C=O) groups excluding carboxylic acids is 1. The second-order valence-corrected chi connectivity index (χ2v) is 7.47. The topological polar surface area (TPSA) is 20.3 Å². The molecule has 2 heterocycles. The van der Waals surface area contributed by atoms with Gasteiger partial charge < -0.3 is 4.90 Å². The number of halogens is 1. The predicted molar refractivity (Wildman–Crippen MR) is 91.5 cm³/mol. The molecule has 0 unspecified atom stereocenters. The Bertz CT molecular complexity index is 614. The van der Waals surface area contributed by atoms with Crippen LogP contribution in [0.25, 0.3) is 0 Å². The summed E-state index contributed by atoms with van der Waals surface area (Å²) in [5.74, 6) is 1.10. The molecule has 1 saturated heterocycles. The fourth-order valence-corrected chi connectivity index (χ4v) is 4.76. The molecule has 2 aromatic rings. The molecule has 0 saturated carbocycles. The average molecular weight is 338 g/mol. The third-order valence-electron chi connectivity index (χ3n) is 3.65. The van der Waals surface area contributed by atoms with Crippen molar-refractivity contribution >= 4 is 40.6 Å². The SMILES string of the molecule is O=C(c1ccsc1)N1CCS[C@H](c2ccccc2Cl)CC1. The molecule has 1 atom stereocenters. The molecule has 1 amide bonds. The zero-order chi connectivity index (χ0) is 14.7. The lowest BCUT2D eigenvalue weighted by Crippen LogP contribution is -2.32. The van der Waals surface area contributed by atoms with Crippen LogP contribution < -0.4 is 0 Å². The Balaban J connectivity index is 1.70. The number of benzene rings is 1. The molecule has 0 aliphatic carbocycles. The molecule has 1 aromatic carbocycles. The summed E-state index contributed by atoms with van der Waals surface area (Å²) < 4.78 is 0. The molecule has 1 aliphatic rings.